The normalized spacial score (nSPS) is 21.3. The molecule has 0 bridgehead atoms. The lowest BCUT2D eigenvalue weighted by Gasteiger charge is -2.27. The minimum absolute atomic E-state index is 0.0110. The van der Waals surface area contributed by atoms with Crippen molar-refractivity contribution in [3.63, 3.8) is 0 Å². The lowest BCUT2D eigenvalue weighted by atomic mass is 10.0. The molecule has 134 valence electrons. The summed E-state index contributed by atoms with van der Waals surface area (Å²) in [7, 11) is 1.69. The van der Waals surface area contributed by atoms with Gasteiger partial charge in [0.1, 0.15) is 0 Å². The summed E-state index contributed by atoms with van der Waals surface area (Å²) in [5.41, 5.74) is 0.723. The highest BCUT2D eigenvalue weighted by Gasteiger charge is 2.38. The van der Waals surface area contributed by atoms with E-state index in [4.69, 9.17) is 0 Å². The average Bonchev–Trinajstić information content (AvgIpc) is 3.35. The molecule has 2 aliphatic rings. The van der Waals surface area contributed by atoms with Crippen molar-refractivity contribution in [2.45, 2.75) is 32.2 Å². The van der Waals surface area contributed by atoms with Crippen molar-refractivity contribution in [3.05, 3.63) is 39.9 Å². The Morgan fingerprint density at radius 3 is 2.80 bits per heavy atom. The van der Waals surface area contributed by atoms with Crippen LogP contribution in [0.5, 0.6) is 0 Å². The smallest absolute Gasteiger partial charge is 0.269 e. The van der Waals surface area contributed by atoms with E-state index < -0.39 is 4.92 Å². The van der Waals surface area contributed by atoms with Crippen LogP contribution in [-0.4, -0.2) is 46.7 Å². The van der Waals surface area contributed by atoms with Crippen molar-refractivity contribution < 1.29 is 14.5 Å². The van der Waals surface area contributed by atoms with Crippen LogP contribution in [-0.2, 0) is 9.59 Å². The maximum atomic E-state index is 12.8. The summed E-state index contributed by atoms with van der Waals surface area (Å²) in [4.78, 5) is 38.8. The van der Waals surface area contributed by atoms with E-state index in [0.29, 0.717) is 18.0 Å². The van der Waals surface area contributed by atoms with Crippen LogP contribution in [0.15, 0.2) is 24.3 Å². The van der Waals surface area contributed by atoms with Gasteiger partial charge in [0.2, 0.25) is 11.8 Å². The molecule has 2 atom stereocenters. The lowest BCUT2D eigenvalue weighted by molar-refractivity contribution is -0.384. The quantitative estimate of drug-likeness (QED) is 0.585. The van der Waals surface area contributed by atoms with Crippen LogP contribution in [0.25, 0.3) is 0 Å². The highest BCUT2D eigenvalue weighted by molar-refractivity contribution is 5.89. The fraction of sp³-hybridized carbons (Fsp3) is 0.556. The molecule has 3 rings (SSSR count). The molecular formula is C18H23N3O4. The summed E-state index contributed by atoms with van der Waals surface area (Å²) in [6.07, 6.45) is 2.61. The summed E-state index contributed by atoms with van der Waals surface area (Å²) in [5.74, 6) is 0.268. The Balaban J connectivity index is 1.66. The summed E-state index contributed by atoms with van der Waals surface area (Å²) >= 11 is 0. The second-order valence-corrected chi connectivity index (χ2v) is 7.12. The Kier molecular flexibility index (Phi) is 4.74. The van der Waals surface area contributed by atoms with Gasteiger partial charge in [-0.2, -0.15) is 0 Å². The van der Waals surface area contributed by atoms with Crippen LogP contribution in [0.1, 0.15) is 37.8 Å². The molecule has 0 radical (unpaired) electrons. The third kappa shape index (κ3) is 3.81. The fourth-order valence-corrected chi connectivity index (χ4v) is 3.33. The van der Waals surface area contributed by atoms with E-state index in [-0.39, 0.29) is 35.9 Å². The van der Waals surface area contributed by atoms with Gasteiger partial charge in [0, 0.05) is 38.7 Å². The van der Waals surface area contributed by atoms with Crippen molar-refractivity contribution in [2.24, 2.45) is 11.8 Å². The molecule has 1 aliphatic heterocycles. The van der Waals surface area contributed by atoms with Crippen molar-refractivity contribution in [3.8, 4) is 0 Å². The SMILES string of the molecule is C[C@H](c1cccc([N+](=O)[O-])c1)N(C)C(=O)[C@@H]1CC(=O)N(CC2CC2)C1. The van der Waals surface area contributed by atoms with Crippen molar-refractivity contribution in [1.29, 1.82) is 0 Å². The molecule has 1 aromatic carbocycles. The van der Waals surface area contributed by atoms with E-state index in [2.05, 4.69) is 0 Å². The predicted molar refractivity (Wildman–Crippen MR) is 91.7 cm³/mol. The number of hydrogen-bond acceptors (Lipinski definition) is 4. The summed E-state index contributed by atoms with van der Waals surface area (Å²) in [5, 5.41) is 10.9. The maximum Gasteiger partial charge on any atom is 0.269 e. The number of amides is 2. The zero-order valence-electron chi connectivity index (χ0n) is 14.6. The zero-order valence-corrected chi connectivity index (χ0v) is 14.6. The molecule has 0 unspecified atom stereocenters. The number of nitro benzene ring substituents is 1. The molecule has 1 saturated carbocycles. The first-order chi connectivity index (χ1) is 11.9. The second kappa shape index (κ2) is 6.82. The van der Waals surface area contributed by atoms with Gasteiger partial charge in [0.05, 0.1) is 16.9 Å². The van der Waals surface area contributed by atoms with Gasteiger partial charge in [-0.3, -0.25) is 19.7 Å². The number of nitro groups is 1. The van der Waals surface area contributed by atoms with Crippen molar-refractivity contribution in [1.82, 2.24) is 9.80 Å². The molecule has 2 fully saturated rings. The number of likely N-dealkylation sites (tertiary alicyclic amines) is 1. The summed E-state index contributed by atoms with van der Waals surface area (Å²) in [6, 6.07) is 6.04. The third-order valence-electron chi connectivity index (χ3n) is 5.23. The van der Waals surface area contributed by atoms with Crippen molar-refractivity contribution in [2.75, 3.05) is 20.1 Å². The van der Waals surface area contributed by atoms with Crippen LogP contribution in [0.2, 0.25) is 0 Å². The van der Waals surface area contributed by atoms with E-state index >= 15 is 0 Å². The fourth-order valence-electron chi connectivity index (χ4n) is 3.33. The Morgan fingerprint density at radius 2 is 2.16 bits per heavy atom. The molecule has 1 saturated heterocycles. The zero-order chi connectivity index (χ0) is 18.1. The van der Waals surface area contributed by atoms with Crippen LogP contribution in [0.3, 0.4) is 0 Å². The van der Waals surface area contributed by atoms with Gasteiger partial charge in [-0.15, -0.1) is 0 Å². The number of carbonyl (C=O) groups excluding carboxylic acids is 2. The third-order valence-corrected chi connectivity index (χ3v) is 5.23. The van der Waals surface area contributed by atoms with Crippen LogP contribution < -0.4 is 0 Å². The molecule has 7 heteroatoms. The Hall–Kier alpha value is -2.44. The van der Waals surface area contributed by atoms with Crippen LogP contribution in [0, 0.1) is 22.0 Å². The van der Waals surface area contributed by atoms with Gasteiger partial charge in [0.15, 0.2) is 0 Å². The van der Waals surface area contributed by atoms with Gasteiger partial charge in [-0.25, -0.2) is 0 Å². The number of nitrogens with zero attached hydrogens (tertiary/aromatic N) is 3. The van der Waals surface area contributed by atoms with E-state index in [9.17, 15) is 19.7 Å². The van der Waals surface area contributed by atoms with Crippen LogP contribution in [0.4, 0.5) is 5.69 Å². The maximum absolute atomic E-state index is 12.8. The average molecular weight is 345 g/mol. The molecular weight excluding hydrogens is 322 g/mol. The molecule has 1 heterocycles. The minimum Gasteiger partial charge on any atom is -0.342 e. The van der Waals surface area contributed by atoms with Gasteiger partial charge >= 0.3 is 0 Å². The number of benzene rings is 1. The first kappa shape index (κ1) is 17.4. The Bertz CT molecular complexity index is 701. The highest BCUT2D eigenvalue weighted by Crippen LogP contribution is 2.33. The van der Waals surface area contributed by atoms with Gasteiger partial charge in [-0.05, 0) is 31.2 Å². The van der Waals surface area contributed by atoms with E-state index in [1.165, 1.54) is 25.0 Å². The second-order valence-electron chi connectivity index (χ2n) is 7.12. The van der Waals surface area contributed by atoms with Gasteiger partial charge in [-0.1, -0.05) is 12.1 Å². The summed E-state index contributed by atoms with van der Waals surface area (Å²) < 4.78 is 0. The first-order valence-electron chi connectivity index (χ1n) is 8.65. The van der Waals surface area contributed by atoms with Crippen molar-refractivity contribution >= 4 is 17.5 Å². The van der Waals surface area contributed by atoms with E-state index in [1.807, 2.05) is 11.8 Å². The predicted octanol–water partition coefficient (Wildman–Crippen LogP) is 2.37. The number of non-ortho nitro benzene ring substituents is 1. The topological polar surface area (TPSA) is 83.8 Å². The molecule has 7 nitrogen and oxygen atoms in total. The number of hydrogen-bond donors (Lipinski definition) is 0. The number of rotatable bonds is 6. The molecule has 1 aromatic rings. The van der Waals surface area contributed by atoms with Gasteiger partial charge < -0.3 is 9.80 Å². The highest BCUT2D eigenvalue weighted by atomic mass is 16.6. The molecule has 0 N–H and O–H groups in total. The van der Waals surface area contributed by atoms with Gasteiger partial charge in [0.25, 0.3) is 5.69 Å². The molecule has 1 aliphatic carbocycles. The van der Waals surface area contributed by atoms with E-state index in [0.717, 1.165) is 6.54 Å². The minimum atomic E-state index is -0.441. The lowest BCUT2D eigenvalue weighted by Crippen LogP contribution is -2.36. The molecule has 0 spiro atoms. The van der Waals surface area contributed by atoms with Crippen LogP contribution >= 0.6 is 0 Å². The molecule has 0 aromatic heterocycles. The number of carbonyl (C=O) groups is 2. The molecule has 2 amide bonds. The summed E-state index contributed by atoms with van der Waals surface area (Å²) in [6.45, 7) is 3.10. The first-order valence-corrected chi connectivity index (χ1v) is 8.65. The standard InChI is InChI=1S/C18H23N3O4/c1-12(14-4-3-5-16(8-14)21(24)25)19(2)18(23)15-9-17(22)20(11-15)10-13-6-7-13/h3-5,8,12-13,15H,6-7,9-11H2,1-2H3/t12-,15-/m1/s1. The largest absolute Gasteiger partial charge is 0.342 e. The Morgan fingerprint density at radius 1 is 1.44 bits per heavy atom. The monoisotopic (exact) mass is 345 g/mol. The molecule has 25 heavy (non-hydrogen) atoms. The van der Waals surface area contributed by atoms with E-state index in [1.54, 1.807) is 24.1 Å². The Labute approximate surface area is 146 Å².